The van der Waals surface area contributed by atoms with Crippen molar-refractivity contribution < 1.29 is 9.53 Å². The largest absolute Gasteiger partial charge is 0.379 e. The van der Waals surface area contributed by atoms with Crippen LogP contribution in [-0.4, -0.2) is 47.1 Å². The molecule has 6 heteroatoms. The number of nitrogens with one attached hydrogen (secondary N) is 1. The number of H-pyrrole nitrogens is 1. The Morgan fingerprint density at radius 2 is 2.00 bits per heavy atom. The number of pyridine rings is 1. The van der Waals surface area contributed by atoms with E-state index in [0.717, 1.165) is 66.1 Å². The number of aryl methyl sites for hydroxylation is 1. The summed E-state index contributed by atoms with van der Waals surface area (Å²) in [4.78, 5) is 22.9. The molecule has 1 aliphatic heterocycles. The third-order valence-electron chi connectivity index (χ3n) is 5.71. The summed E-state index contributed by atoms with van der Waals surface area (Å²) in [5.74, 6) is -0.462. The van der Waals surface area contributed by atoms with Crippen LogP contribution in [0.2, 0.25) is 0 Å². The number of benzene rings is 2. The summed E-state index contributed by atoms with van der Waals surface area (Å²) in [5.41, 5.74) is 12.7. The summed E-state index contributed by atoms with van der Waals surface area (Å²) in [6.45, 7) is 6.34. The smallest absolute Gasteiger partial charge is 0.250 e. The van der Waals surface area contributed by atoms with Crippen molar-refractivity contribution in [1.82, 2.24) is 14.9 Å². The van der Waals surface area contributed by atoms with E-state index in [1.165, 1.54) is 5.56 Å². The van der Waals surface area contributed by atoms with Crippen molar-refractivity contribution in [2.24, 2.45) is 5.73 Å². The fraction of sp³-hybridized carbons (Fsp3) is 0.250. The number of morpholine rings is 1. The molecule has 0 spiro atoms. The van der Waals surface area contributed by atoms with E-state index < -0.39 is 5.91 Å². The first-order valence-electron chi connectivity index (χ1n) is 10.2. The van der Waals surface area contributed by atoms with E-state index in [2.05, 4.69) is 34.1 Å². The molecule has 152 valence electrons. The van der Waals surface area contributed by atoms with Crippen molar-refractivity contribution in [1.29, 1.82) is 0 Å². The van der Waals surface area contributed by atoms with E-state index >= 15 is 0 Å². The molecule has 0 atom stereocenters. The summed E-state index contributed by atoms with van der Waals surface area (Å²) in [6, 6.07) is 16.2. The molecule has 1 amide bonds. The van der Waals surface area contributed by atoms with Gasteiger partial charge in [-0.15, -0.1) is 0 Å². The van der Waals surface area contributed by atoms with Crippen LogP contribution in [0.1, 0.15) is 21.5 Å². The van der Waals surface area contributed by atoms with Crippen LogP contribution in [0.3, 0.4) is 0 Å². The topological polar surface area (TPSA) is 84.2 Å². The Morgan fingerprint density at radius 3 is 2.77 bits per heavy atom. The third kappa shape index (κ3) is 3.44. The molecular formula is C24H24N4O2. The molecule has 1 aliphatic rings. The second-order valence-electron chi connectivity index (χ2n) is 7.91. The number of hydrogen-bond acceptors (Lipinski definition) is 4. The minimum Gasteiger partial charge on any atom is -0.379 e. The van der Waals surface area contributed by atoms with Gasteiger partial charge in [-0.3, -0.25) is 9.69 Å². The molecule has 0 saturated carbocycles. The van der Waals surface area contributed by atoms with Crippen molar-refractivity contribution in [2.45, 2.75) is 13.5 Å². The molecule has 0 aliphatic carbocycles. The number of carbonyl (C=O) groups excluding carboxylic acids is 1. The fourth-order valence-corrected chi connectivity index (χ4v) is 4.16. The van der Waals surface area contributed by atoms with Crippen molar-refractivity contribution in [3.05, 3.63) is 65.2 Å². The van der Waals surface area contributed by atoms with Crippen molar-refractivity contribution >= 4 is 27.8 Å². The van der Waals surface area contributed by atoms with Gasteiger partial charge >= 0.3 is 0 Å². The highest BCUT2D eigenvalue weighted by Gasteiger charge is 2.17. The standard InChI is InChI=1S/C24H24N4O2/c1-15-3-2-4-17(11-15)21-13-19(24(25)29)23-22(27-21)18-12-16(5-6-20(18)26-23)14-28-7-9-30-10-8-28/h2-6,11-13,26H,7-10,14H2,1H3,(H2,25,29). The van der Waals surface area contributed by atoms with Crippen LogP contribution >= 0.6 is 0 Å². The number of rotatable bonds is 4. The van der Waals surface area contributed by atoms with Gasteiger partial charge in [0.2, 0.25) is 0 Å². The van der Waals surface area contributed by atoms with Gasteiger partial charge in [-0.1, -0.05) is 29.8 Å². The number of nitrogens with zero attached hydrogens (tertiary/aromatic N) is 2. The lowest BCUT2D eigenvalue weighted by atomic mass is 10.0. The molecule has 0 bridgehead atoms. The number of primary amides is 1. The molecule has 0 unspecified atom stereocenters. The van der Waals surface area contributed by atoms with Crippen LogP contribution in [0, 0.1) is 6.92 Å². The van der Waals surface area contributed by atoms with E-state index in [4.69, 9.17) is 15.5 Å². The summed E-state index contributed by atoms with van der Waals surface area (Å²) < 4.78 is 5.45. The Labute approximate surface area is 174 Å². The van der Waals surface area contributed by atoms with Crippen molar-refractivity contribution in [2.75, 3.05) is 26.3 Å². The molecule has 0 radical (unpaired) electrons. The Hall–Kier alpha value is -3.22. The monoisotopic (exact) mass is 400 g/mol. The van der Waals surface area contributed by atoms with Gasteiger partial charge in [0.15, 0.2) is 0 Å². The maximum Gasteiger partial charge on any atom is 0.250 e. The van der Waals surface area contributed by atoms with Crippen molar-refractivity contribution in [3.8, 4) is 11.3 Å². The highest BCUT2D eigenvalue weighted by atomic mass is 16.5. The van der Waals surface area contributed by atoms with E-state index in [9.17, 15) is 4.79 Å². The molecule has 2 aromatic heterocycles. The highest BCUT2D eigenvalue weighted by Crippen LogP contribution is 2.31. The van der Waals surface area contributed by atoms with Crippen LogP contribution in [0.15, 0.2) is 48.5 Å². The zero-order valence-electron chi connectivity index (χ0n) is 16.9. The van der Waals surface area contributed by atoms with Gasteiger partial charge in [0.1, 0.15) is 0 Å². The number of aromatic amines is 1. The number of amides is 1. The van der Waals surface area contributed by atoms with E-state index in [0.29, 0.717) is 11.1 Å². The second kappa shape index (κ2) is 7.55. The second-order valence-corrected chi connectivity index (χ2v) is 7.91. The normalized spacial score (nSPS) is 15.1. The number of hydrogen-bond donors (Lipinski definition) is 2. The minimum atomic E-state index is -0.462. The van der Waals surface area contributed by atoms with Gasteiger partial charge in [-0.25, -0.2) is 4.98 Å². The van der Waals surface area contributed by atoms with Gasteiger partial charge in [0.05, 0.1) is 35.5 Å². The van der Waals surface area contributed by atoms with Gasteiger partial charge < -0.3 is 15.5 Å². The predicted octanol–water partition coefficient (Wildman–Crippen LogP) is 3.62. The SMILES string of the molecule is Cc1cccc(-c2cc(C(N)=O)c3[nH]c4ccc(CN5CCOCC5)cc4c3n2)c1. The first-order chi connectivity index (χ1) is 14.6. The lowest BCUT2D eigenvalue weighted by Crippen LogP contribution is -2.35. The molecule has 30 heavy (non-hydrogen) atoms. The number of ether oxygens (including phenoxy) is 1. The first kappa shape index (κ1) is 18.8. The molecule has 5 rings (SSSR count). The molecule has 3 heterocycles. The molecule has 4 aromatic rings. The zero-order valence-corrected chi connectivity index (χ0v) is 16.9. The molecule has 1 saturated heterocycles. The van der Waals surface area contributed by atoms with Crippen molar-refractivity contribution in [3.63, 3.8) is 0 Å². The quantitative estimate of drug-likeness (QED) is 0.548. The lowest BCUT2D eigenvalue weighted by Gasteiger charge is -2.26. The average molecular weight is 400 g/mol. The Balaban J connectivity index is 1.66. The summed E-state index contributed by atoms with van der Waals surface area (Å²) in [6.07, 6.45) is 0. The third-order valence-corrected chi connectivity index (χ3v) is 5.71. The minimum absolute atomic E-state index is 0.461. The Morgan fingerprint density at radius 1 is 1.17 bits per heavy atom. The van der Waals surface area contributed by atoms with Crippen LogP contribution in [0.5, 0.6) is 0 Å². The van der Waals surface area contributed by atoms with E-state index in [-0.39, 0.29) is 0 Å². The lowest BCUT2D eigenvalue weighted by molar-refractivity contribution is 0.0342. The van der Waals surface area contributed by atoms with Gasteiger partial charge in [0.25, 0.3) is 5.91 Å². The van der Waals surface area contributed by atoms with Crippen LogP contribution in [-0.2, 0) is 11.3 Å². The average Bonchev–Trinajstić information content (AvgIpc) is 3.11. The highest BCUT2D eigenvalue weighted by molar-refractivity contribution is 6.14. The molecule has 3 N–H and O–H groups in total. The number of nitrogens with two attached hydrogens (primary N) is 1. The van der Waals surface area contributed by atoms with Gasteiger partial charge in [-0.2, -0.15) is 0 Å². The molecule has 6 nitrogen and oxygen atoms in total. The van der Waals surface area contributed by atoms with E-state index in [1.54, 1.807) is 6.07 Å². The number of fused-ring (bicyclic) bond motifs is 3. The van der Waals surface area contributed by atoms with Gasteiger partial charge in [0, 0.05) is 36.1 Å². The number of aromatic nitrogens is 2. The summed E-state index contributed by atoms with van der Waals surface area (Å²) >= 11 is 0. The predicted molar refractivity (Wildman–Crippen MR) is 118 cm³/mol. The molecule has 2 aromatic carbocycles. The van der Waals surface area contributed by atoms with Gasteiger partial charge in [-0.05, 0) is 36.8 Å². The number of carbonyl (C=O) groups is 1. The summed E-state index contributed by atoms with van der Waals surface area (Å²) in [7, 11) is 0. The van der Waals surface area contributed by atoms with Crippen LogP contribution in [0.25, 0.3) is 33.2 Å². The van der Waals surface area contributed by atoms with Crippen LogP contribution in [0.4, 0.5) is 0 Å². The molecule has 1 fully saturated rings. The molecular weight excluding hydrogens is 376 g/mol. The van der Waals surface area contributed by atoms with Crippen LogP contribution < -0.4 is 5.73 Å². The Bertz CT molecular complexity index is 1260. The maximum atomic E-state index is 12.2. The fourth-order valence-electron chi connectivity index (χ4n) is 4.16. The van der Waals surface area contributed by atoms with E-state index in [1.807, 2.05) is 25.1 Å². The first-order valence-corrected chi connectivity index (χ1v) is 10.2. The summed E-state index contributed by atoms with van der Waals surface area (Å²) in [5, 5.41) is 1.01. The maximum absolute atomic E-state index is 12.2. The Kier molecular flexibility index (Phi) is 4.73. The zero-order chi connectivity index (χ0) is 20.7.